The van der Waals surface area contributed by atoms with Crippen LogP contribution in [0.5, 0.6) is 11.5 Å². The minimum atomic E-state index is -0.442. The normalized spacial score (nSPS) is 16.9. The third-order valence-electron chi connectivity index (χ3n) is 5.47. The third kappa shape index (κ3) is 3.85. The number of benzene rings is 2. The molecule has 0 spiro atoms. The van der Waals surface area contributed by atoms with Crippen LogP contribution in [0.1, 0.15) is 29.3 Å². The van der Waals surface area contributed by atoms with E-state index < -0.39 is 17.7 Å². The molecule has 0 N–H and O–H groups in total. The summed E-state index contributed by atoms with van der Waals surface area (Å²) in [6.45, 7) is 2.09. The Bertz CT molecular complexity index is 1000. The predicted octanol–water partition coefficient (Wildman–Crippen LogP) is 4.78. The lowest BCUT2D eigenvalue weighted by atomic mass is 10.00. The first kappa shape index (κ1) is 19.5. The standard InChI is InChI=1S/C23H24F2N2O2/c1-28-18-7-9-22(29-2)16(13-18)15-27-12-4-11-26-10-3-5-21(26)23(27)19-14-17(24)6-8-20(19)25/h3,5-10,13-14,23H,4,11-12,15H2,1-2H3. The molecule has 4 nitrogen and oxygen atoms in total. The van der Waals surface area contributed by atoms with Crippen molar-refractivity contribution in [3.05, 3.63) is 83.2 Å². The topological polar surface area (TPSA) is 26.6 Å². The van der Waals surface area contributed by atoms with Crippen LogP contribution in [0.4, 0.5) is 8.78 Å². The quantitative estimate of drug-likeness (QED) is 0.619. The molecular formula is C23H24F2N2O2. The molecule has 0 saturated carbocycles. The van der Waals surface area contributed by atoms with Gasteiger partial charge in [-0.25, -0.2) is 8.78 Å². The Balaban J connectivity index is 1.80. The summed E-state index contributed by atoms with van der Waals surface area (Å²) in [7, 11) is 3.25. The molecule has 0 saturated heterocycles. The van der Waals surface area contributed by atoms with E-state index in [2.05, 4.69) is 9.47 Å². The summed E-state index contributed by atoms with van der Waals surface area (Å²) < 4.78 is 41.9. The van der Waals surface area contributed by atoms with Crippen LogP contribution in [0.25, 0.3) is 0 Å². The van der Waals surface area contributed by atoms with Crippen molar-refractivity contribution in [3.8, 4) is 11.5 Å². The number of rotatable bonds is 5. The van der Waals surface area contributed by atoms with Gasteiger partial charge in [0.05, 0.1) is 20.3 Å². The van der Waals surface area contributed by atoms with Gasteiger partial charge in [-0.15, -0.1) is 0 Å². The summed E-state index contributed by atoms with van der Waals surface area (Å²) in [5, 5.41) is 0. The summed E-state index contributed by atoms with van der Waals surface area (Å²) in [6, 6.07) is 12.8. The smallest absolute Gasteiger partial charge is 0.128 e. The maximum Gasteiger partial charge on any atom is 0.128 e. The van der Waals surface area contributed by atoms with Crippen molar-refractivity contribution < 1.29 is 18.3 Å². The van der Waals surface area contributed by atoms with E-state index in [9.17, 15) is 8.78 Å². The number of methoxy groups -OCH3 is 2. The van der Waals surface area contributed by atoms with Crippen LogP contribution in [-0.2, 0) is 13.1 Å². The number of aryl methyl sites for hydroxylation is 1. The van der Waals surface area contributed by atoms with Crippen LogP contribution >= 0.6 is 0 Å². The molecule has 0 bridgehead atoms. The second-order valence-corrected chi connectivity index (χ2v) is 7.20. The number of nitrogens with zero attached hydrogens (tertiary/aromatic N) is 2. The first-order chi connectivity index (χ1) is 14.1. The van der Waals surface area contributed by atoms with E-state index in [1.54, 1.807) is 14.2 Å². The molecule has 29 heavy (non-hydrogen) atoms. The second-order valence-electron chi connectivity index (χ2n) is 7.20. The van der Waals surface area contributed by atoms with Gasteiger partial charge in [-0.1, -0.05) is 0 Å². The van der Waals surface area contributed by atoms with Gasteiger partial charge in [0.2, 0.25) is 0 Å². The summed E-state index contributed by atoms with van der Waals surface area (Å²) in [6.07, 6.45) is 2.90. The van der Waals surface area contributed by atoms with Crippen molar-refractivity contribution in [2.45, 2.75) is 25.6 Å². The monoisotopic (exact) mass is 398 g/mol. The number of hydrogen-bond acceptors (Lipinski definition) is 3. The first-order valence-electron chi connectivity index (χ1n) is 9.65. The zero-order valence-corrected chi connectivity index (χ0v) is 16.6. The van der Waals surface area contributed by atoms with Gasteiger partial charge in [0.1, 0.15) is 23.1 Å². The number of hydrogen-bond donors (Lipinski definition) is 0. The summed E-state index contributed by atoms with van der Waals surface area (Å²) in [5.74, 6) is 0.618. The van der Waals surface area contributed by atoms with Gasteiger partial charge in [0.25, 0.3) is 0 Å². The lowest BCUT2D eigenvalue weighted by Gasteiger charge is -2.31. The van der Waals surface area contributed by atoms with Crippen molar-refractivity contribution in [1.82, 2.24) is 9.47 Å². The number of ether oxygens (including phenoxy) is 2. The largest absolute Gasteiger partial charge is 0.497 e. The maximum absolute atomic E-state index is 14.8. The first-order valence-corrected chi connectivity index (χ1v) is 9.65. The molecule has 3 aromatic rings. The molecule has 1 aliphatic heterocycles. The van der Waals surface area contributed by atoms with Crippen molar-refractivity contribution in [2.24, 2.45) is 0 Å². The fourth-order valence-corrected chi connectivity index (χ4v) is 4.11. The summed E-state index contributed by atoms with van der Waals surface area (Å²) in [4.78, 5) is 2.17. The van der Waals surface area contributed by atoms with Crippen LogP contribution < -0.4 is 9.47 Å². The van der Waals surface area contributed by atoms with E-state index >= 15 is 0 Å². The van der Waals surface area contributed by atoms with Gasteiger partial charge in [0, 0.05) is 42.7 Å². The molecule has 1 atom stereocenters. The van der Waals surface area contributed by atoms with Crippen molar-refractivity contribution >= 4 is 0 Å². The fraction of sp³-hybridized carbons (Fsp3) is 0.304. The minimum absolute atomic E-state index is 0.341. The summed E-state index contributed by atoms with van der Waals surface area (Å²) in [5.41, 5.74) is 2.23. The molecule has 0 radical (unpaired) electrons. The highest BCUT2D eigenvalue weighted by molar-refractivity contribution is 5.41. The van der Waals surface area contributed by atoms with Gasteiger partial charge < -0.3 is 14.0 Å². The molecule has 1 aromatic heterocycles. The van der Waals surface area contributed by atoms with Crippen molar-refractivity contribution in [2.75, 3.05) is 20.8 Å². The van der Waals surface area contributed by atoms with Gasteiger partial charge in [-0.05, 0) is 55.0 Å². The SMILES string of the molecule is COc1ccc(OC)c(CN2CCCn3cccc3C2c2cc(F)ccc2F)c1. The average molecular weight is 398 g/mol. The molecule has 1 aliphatic rings. The van der Waals surface area contributed by atoms with Gasteiger partial charge in [-0.3, -0.25) is 4.90 Å². The highest BCUT2D eigenvalue weighted by atomic mass is 19.1. The van der Waals surface area contributed by atoms with Crippen LogP contribution in [0.3, 0.4) is 0 Å². The Morgan fingerprint density at radius 3 is 2.66 bits per heavy atom. The van der Waals surface area contributed by atoms with Gasteiger partial charge in [0.15, 0.2) is 0 Å². The molecule has 0 amide bonds. The van der Waals surface area contributed by atoms with Crippen molar-refractivity contribution in [3.63, 3.8) is 0 Å². The highest BCUT2D eigenvalue weighted by Crippen LogP contribution is 2.36. The van der Waals surface area contributed by atoms with Crippen LogP contribution in [-0.4, -0.2) is 30.2 Å². The molecule has 1 unspecified atom stereocenters. The molecule has 2 heterocycles. The Hall–Kier alpha value is -2.86. The minimum Gasteiger partial charge on any atom is -0.497 e. The van der Waals surface area contributed by atoms with E-state index in [-0.39, 0.29) is 0 Å². The lowest BCUT2D eigenvalue weighted by molar-refractivity contribution is 0.213. The van der Waals surface area contributed by atoms with Gasteiger partial charge in [-0.2, -0.15) is 0 Å². The van der Waals surface area contributed by atoms with Crippen LogP contribution in [0, 0.1) is 11.6 Å². The third-order valence-corrected chi connectivity index (χ3v) is 5.47. The molecule has 4 rings (SSSR count). The summed E-state index contributed by atoms with van der Waals surface area (Å²) >= 11 is 0. The Morgan fingerprint density at radius 2 is 1.86 bits per heavy atom. The van der Waals surface area contributed by atoms with Crippen molar-refractivity contribution in [1.29, 1.82) is 0 Å². The molecule has 6 heteroatoms. The molecule has 2 aromatic carbocycles. The number of fused-ring (bicyclic) bond motifs is 1. The maximum atomic E-state index is 14.8. The average Bonchev–Trinajstić information content (AvgIpc) is 3.11. The molecular weight excluding hydrogens is 374 g/mol. The van der Waals surface area contributed by atoms with Gasteiger partial charge >= 0.3 is 0 Å². The molecule has 0 fully saturated rings. The number of halogens is 2. The van der Waals surface area contributed by atoms with E-state index in [0.29, 0.717) is 12.1 Å². The zero-order valence-electron chi connectivity index (χ0n) is 16.6. The van der Waals surface area contributed by atoms with E-state index in [0.717, 1.165) is 48.3 Å². The van der Waals surface area contributed by atoms with Crippen LogP contribution in [0.15, 0.2) is 54.7 Å². The van der Waals surface area contributed by atoms with Crippen LogP contribution in [0.2, 0.25) is 0 Å². The molecule has 0 aliphatic carbocycles. The Morgan fingerprint density at radius 1 is 1.00 bits per heavy atom. The highest BCUT2D eigenvalue weighted by Gasteiger charge is 2.30. The second kappa shape index (κ2) is 8.25. The van der Waals surface area contributed by atoms with E-state index in [1.807, 2.05) is 36.5 Å². The predicted molar refractivity (Wildman–Crippen MR) is 107 cm³/mol. The van der Waals surface area contributed by atoms with E-state index in [4.69, 9.17) is 9.47 Å². The Kier molecular flexibility index (Phi) is 5.53. The number of aromatic nitrogens is 1. The lowest BCUT2D eigenvalue weighted by Crippen LogP contribution is -2.30. The fourth-order valence-electron chi connectivity index (χ4n) is 4.11. The molecule has 152 valence electrons. The Labute approximate surface area is 169 Å². The van der Waals surface area contributed by atoms with E-state index in [1.165, 1.54) is 12.1 Å². The zero-order chi connectivity index (χ0) is 20.4.